The molecule has 16 heavy (non-hydrogen) atoms. The summed E-state index contributed by atoms with van der Waals surface area (Å²) < 4.78 is 0. The van der Waals surface area contributed by atoms with E-state index in [9.17, 15) is 0 Å². The number of rotatable bonds is 6. The summed E-state index contributed by atoms with van der Waals surface area (Å²) >= 11 is 0. The van der Waals surface area contributed by atoms with Crippen LogP contribution in [0.4, 0.5) is 0 Å². The van der Waals surface area contributed by atoms with E-state index in [1.54, 1.807) is 12.4 Å². The molecule has 0 aromatic carbocycles. The molecule has 0 radical (unpaired) electrons. The number of nitrogens with zero attached hydrogens (tertiary/aromatic N) is 1. The molecule has 1 heterocycles. The minimum Gasteiger partial charge on any atom is -0.396 e. The normalized spacial score (nSPS) is 13.8. The van der Waals surface area contributed by atoms with Crippen molar-refractivity contribution in [3.63, 3.8) is 0 Å². The van der Waals surface area contributed by atoms with Crippen molar-refractivity contribution in [1.29, 1.82) is 0 Å². The third kappa shape index (κ3) is 3.56. The maximum atomic E-state index is 9.16. The summed E-state index contributed by atoms with van der Waals surface area (Å²) in [5.74, 6) is 0. The van der Waals surface area contributed by atoms with Gasteiger partial charge in [-0.15, -0.1) is 0 Å². The van der Waals surface area contributed by atoms with Gasteiger partial charge in [-0.2, -0.15) is 0 Å². The van der Waals surface area contributed by atoms with Gasteiger partial charge in [-0.05, 0) is 24.6 Å². The molecule has 0 spiro atoms. The highest BCUT2D eigenvalue weighted by molar-refractivity contribution is 5.13. The predicted molar refractivity (Wildman–Crippen MR) is 62.9 cm³/mol. The van der Waals surface area contributed by atoms with Gasteiger partial charge in [-0.1, -0.05) is 6.92 Å². The second-order valence-corrected chi connectivity index (χ2v) is 4.51. The fourth-order valence-electron chi connectivity index (χ4n) is 1.33. The minimum absolute atomic E-state index is 0.0282. The molecular weight excluding hydrogens is 204 g/mol. The highest BCUT2D eigenvalue weighted by Gasteiger charge is 2.22. The third-order valence-electron chi connectivity index (χ3n) is 2.80. The quantitative estimate of drug-likeness (QED) is 0.666. The first-order valence-corrected chi connectivity index (χ1v) is 5.46. The highest BCUT2D eigenvalue weighted by atomic mass is 16.3. The Hall–Kier alpha value is -0.970. The van der Waals surface area contributed by atoms with Crippen molar-refractivity contribution in [2.75, 3.05) is 19.8 Å². The molecule has 0 unspecified atom stereocenters. The van der Waals surface area contributed by atoms with Gasteiger partial charge < -0.3 is 15.5 Å². The van der Waals surface area contributed by atoms with Gasteiger partial charge in [-0.25, -0.2) is 0 Å². The fourth-order valence-corrected chi connectivity index (χ4v) is 1.33. The van der Waals surface area contributed by atoms with Crippen molar-refractivity contribution in [2.45, 2.75) is 19.9 Å². The second-order valence-electron chi connectivity index (χ2n) is 4.51. The maximum absolute atomic E-state index is 9.16. The van der Waals surface area contributed by atoms with Gasteiger partial charge in [0.05, 0.1) is 13.2 Å². The highest BCUT2D eigenvalue weighted by Crippen LogP contribution is 2.16. The van der Waals surface area contributed by atoms with Crippen LogP contribution >= 0.6 is 0 Å². The summed E-state index contributed by atoms with van der Waals surface area (Å²) in [5.41, 5.74) is 0.676. The summed E-state index contributed by atoms with van der Waals surface area (Å²) in [5, 5.41) is 21.6. The Labute approximate surface area is 96.3 Å². The van der Waals surface area contributed by atoms with Gasteiger partial charge in [0.2, 0.25) is 0 Å². The maximum Gasteiger partial charge on any atom is 0.0519 e. The lowest BCUT2D eigenvalue weighted by atomic mass is 9.92. The number of aliphatic hydroxyl groups excluding tert-OH is 2. The van der Waals surface area contributed by atoms with Crippen molar-refractivity contribution >= 4 is 0 Å². The molecule has 0 bridgehead atoms. The third-order valence-corrected chi connectivity index (χ3v) is 2.80. The number of aliphatic hydroxyl groups is 2. The molecule has 0 saturated heterocycles. The minimum atomic E-state index is -0.471. The first kappa shape index (κ1) is 13.1. The number of hydrogen-bond acceptors (Lipinski definition) is 4. The lowest BCUT2D eigenvalue weighted by Crippen LogP contribution is -2.38. The zero-order valence-corrected chi connectivity index (χ0v) is 9.85. The fraction of sp³-hybridized carbons (Fsp3) is 0.583. The van der Waals surface area contributed by atoms with E-state index in [2.05, 4.69) is 10.3 Å². The molecule has 0 saturated carbocycles. The van der Waals surface area contributed by atoms with Crippen molar-refractivity contribution in [3.8, 4) is 0 Å². The van der Waals surface area contributed by atoms with Crippen LogP contribution in [0.1, 0.15) is 25.5 Å². The van der Waals surface area contributed by atoms with Gasteiger partial charge >= 0.3 is 0 Å². The van der Waals surface area contributed by atoms with Crippen LogP contribution in [0.5, 0.6) is 0 Å². The van der Waals surface area contributed by atoms with E-state index in [0.29, 0.717) is 6.54 Å². The summed E-state index contributed by atoms with van der Waals surface area (Å²) in [6, 6.07) is 4.08. The monoisotopic (exact) mass is 224 g/mol. The molecule has 1 rings (SSSR count). The molecule has 90 valence electrons. The van der Waals surface area contributed by atoms with Gasteiger partial charge in [0.25, 0.3) is 0 Å². The molecular formula is C12H20N2O2. The average Bonchev–Trinajstić information content (AvgIpc) is 2.36. The van der Waals surface area contributed by atoms with Crippen molar-refractivity contribution in [1.82, 2.24) is 10.3 Å². The SMILES string of the molecule is C[C@@H](NCC(C)(CO)CO)c1ccncc1. The number of hydrogen-bond donors (Lipinski definition) is 3. The van der Waals surface area contributed by atoms with E-state index >= 15 is 0 Å². The summed E-state index contributed by atoms with van der Waals surface area (Å²) in [7, 11) is 0. The van der Waals surface area contributed by atoms with E-state index in [-0.39, 0.29) is 19.3 Å². The molecule has 0 fully saturated rings. The summed E-state index contributed by atoms with van der Waals surface area (Å²) in [4.78, 5) is 3.96. The van der Waals surface area contributed by atoms with E-state index in [4.69, 9.17) is 10.2 Å². The standard InChI is InChI=1S/C12H20N2O2/c1-10(11-3-5-13-6-4-11)14-7-12(2,8-15)9-16/h3-6,10,14-16H,7-9H2,1-2H3/t10-/m1/s1. The van der Waals surface area contributed by atoms with Crippen molar-refractivity contribution in [2.24, 2.45) is 5.41 Å². The van der Waals surface area contributed by atoms with Crippen LogP contribution < -0.4 is 5.32 Å². The second kappa shape index (κ2) is 5.94. The molecule has 0 aliphatic carbocycles. The lowest BCUT2D eigenvalue weighted by Gasteiger charge is -2.27. The van der Waals surface area contributed by atoms with E-state index in [1.165, 1.54) is 0 Å². The summed E-state index contributed by atoms with van der Waals surface area (Å²) in [6.45, 7) is 4.41. The average molecular weight is 224 g/mol. The Balaban J connectivity index is 2.50. The van der Waals surface area contributed by atoms with Crippen molar-refractivity contribution in [3.05, 3.63) is 30.1 Å². The first-order valence-electron chi connectivity index (χ1n) is 5.46. The first-order chi connectivity index (χ1) is 7.61. The lowest BCUT2D eigenvalue weighted by molar-refractivity contribution is 0.0677. The Morgan fingerprint density at radius 2 is 1.88 bits per heavy atom. The van der Waals surface area contributed by atoms with Crippen LogP contribution in [-0.2, 0) is 0 Å². The molecule has 4 nitrogen and oxygen atoms in total. The molecule has 0 aliphatic rings. The van der Waals surface area contributed by atoms with E-state index in [0.717, 1.165) is 5.56 Å². The smallest absolute Gasteiger partial charge is 0.0519 e. The van der Waals surface area contributed by atoms with Gasteiger partial charge in [0.15, 0.2) is 0 Å². The number of pyridine rings is 1. The van der Waals surface area contributed by atoms with Crippen LogP contribution in [0.15, 0.2) is 24.5 Å². The van der Waals surface area contributed by atoms with Gasteiger partial charge in [0, 0.05) is 30.4 Å². The number of nitrogens with one attached hydrogen (secondary N) is 1. The van der Waals surface area contributed by atoms with Crippen LogP contribution in [0, 0.1) is 5.41 Å². The largest absolute Gasteiger partial charge is 0.396 e. The Morgan fingerprint density at radius 1 is 1.31 bits per heavy atom. The predicted octanol–water partition coefficient (Wildman–Crippen LogP) is 0.723. The zero-order valence-electron chi connectivity index (χ0n) is 9.85. The molecule has 3 N–H and O–H groups in total. The topological polar surface area (TPSA) is 65.4 Å². The van der Waals surface area contributed by atoms with Gasteiger partial charge in [-0.3, -0.25) is 4.98 Å². The van der Waals surface area contributed by atoms with Crippen LogP contribution in [0.3, 0.4) is 0 Å². The molecule has 0 aliphatic heterocycles. The van der Waals surface area contributed by atoms with Crippen LogP contribution in [0.2, 0.25) is 0 Å². The zero-order chi connectivity index (χ0) is 12.0. The van der Waals surface area contributed by atoms with Crippen LogP contribution in [-0.4, -0.2) is 35.0 Å². The Kier molecular flexibility index (Phi) is 4.86. The molecule has 1 aromatic heterocycles. The number of aromatic nitrogens is 1. The van der Waals surface area contributed by atoms with Crippen LogP contribution in [0.25, 0.3) is 0 Å². The Morgan fingerprint density at radius 3 is 2.38 bits per heavy atom. The molecule has 4 heteroatoms. The van der Waals surface area contributed by atoms with Crippen molar-refractivity contribution < 1.29 is 10.2 Å². The van der Waals surface area contributed by atoms with E-state index in [1.807, 2.05) is 26.0 Å². The molecule has 1 atom stereocenters. The summed E-state index contributed by atoms with van der Waals surface area (Å²) in [6.07, 6.45) is 3.51. The molecule has 1 aromatic rings. The van der Waals surface area contributed by atoms with Gasteiger partial charge in [0.1, 0.15) is 0 Å². The molecule has 0 amide bonds. The Bertz CT molecular complexity index is 299. The van der Waals surface area contributed by atoms with E-state index < -0.39 is 5.41 Å².